The molecule has 2 unspecified atom stereocenters. The number of halogens is 4. The van der Waals surface area contributed by atoms with Crippen molar-refractivity contribution in [3.63, 3.8) is 0 Å². The topological polar surface area (TPSA) is 52.3 Å². The number of rotatable bonds is 3. The zero-order valence-electron chi connectivity index (χ0n) is 10.6. The summed E-state index contributed by atoms with van der Waals surface area (Å²) < 4.78 is 55.5. The minimum absolute atomic E-state index is 0.0226. The monoisotopic (exact) mass is 301 g/mol. The van der Waals surface area contributed by atoms with Crippen LogP contribution in [0.4, 0.5) is 17.6 Å². The lowest BCUT2D eigenvalue weighted by Crippen LogP contribution is -2.46. The number of nitrogens with two attached hydrogens (primary N) is 1. The Bertz CT molecular complexity index is 592. The lowest BCUT2D eigenvalue weighted by Gasteiger charge is -2.37. The van der Waals surface area contributed by atoms with Crippen molar-refractivity contribution in [1.82, 2.24) is 0 Å². The number of carbonyl (C=O) groups is 1. The van der Waals surface area contributed by atoms with Gasteiger partial charge in [0.2, 0.25) is 5.91 Å². The highest BCUT2D eigenvalue weighted by Crippen LogP contribution is 2.43. The summed E-state index contributed by atoms with van der Waals surface area (Å²) in [4.78, 5) is 11.5. The van der Waals surface area contributed by atoms with E-state index in [0.29, 0.717) is 0 Å². The van der Waals surface area contributed by atoms with E-state index in [2.05, 4.69) is 4.74 Å². The van der Waals surface area contributed by atoms with E-state index in [4.69, 9.17) is 5.73 Å². The standard InChI is InChI=1S/C14H11F4NO2/c15-10-6-4-9(5-7-10)13(21-14(16,17)18)8-2-1-3-11(13)12(19)20/h1-8,11H,(H2,19,20). The summed E-state index contributed by atoms with van der Waals surface area (Å²) in [6, 6.07) is 4.23. The fourth-order valence-corrected chi connectivity index (χ4v) is 2.26. The van der Waals surface area contributed by atoms with Crippen molar-refractivity contribution >= 4 is 5.91 Å². The molecule has 1 aromatic rings. The summed E-state index contributed by atoms with van der Waals surface area (Å²) in [7, 11) is 0. The van der Waals surface area contributed by atoms with Gasteiger partial charge in [0.05, 0.1) is 5.92 Å². The molecule has 0 spiro atoms. The highest BCUT2D eigenvalue weighted by Gasteiger charge is 2.50. The predicted octanol–water partition coefficient (Wildman–Crippen LogP) is 2.78. The van der Waals surface area contributed by atoms with Gasteiger partial charge in [-0.2, -0.15) is 0 Å². The van der Waals surface area contributed by atoms with Crippen LogP contribution in [0.2, 0.25) is 0 Å². The molecule has 0 saturated carbocycles. The summed E-state index contributed by atoms with van der Waals surface area (Å²) in [5.41, 5.74) is 3.01. The molecule has 1 amide bonds. The van der Waals surface area contributed by atoms with Crippen molar-refractivity contribution < 1.29 is 27.1 Å². The van der Waals surface area contributed by atoms with Crippen LogP contribution < -0.4 is 5.73 Å². The van der Waals surface area contributed by atoms with Gasteiger partial charge in [-0.1, -0.05) is 30.4 Å². The molecule has 2 N–H and O–H groups in total. The van der Waals surface area contributed by atoms with Gasteiger partial charge < -0.3 is 5.73 Å². The third-order valence-electron chi connectivity index (χ3n) is 3.11. The molecule has 21 heavy (non-hydrogen) atoms. The maximum Gasteiger partial charge on any atom is 0.523 e. The zero-order valence-corrected chi connectivity index (χ0v) is 10.6. The molecule has 1 aliphatic rings. The van der Waals surface area contributed by atoms with Gasteiger partial charge in [0, 0.05) is 0 Å². The third kappa shape index (κ3) is 3.13. The van der Waals surface area contributed by atoms with Crippen LogP contribution in [0.1, 0.15) is 5.56 Å². The summed E-state index contributed by atoms with van der Waals surface area (Å²) in [5.74, 6) is -2.97. The number of benzene rings is 1. The predicted molar refractivity (Wildman–Crippen MR) is 66.2 cm³/mol. The van der Waals surface area contributed by atoms with Crippen LogP contribution in [0.5, 0.6) is 0 Å². The van der Waals surface area contributed by atoms with E-state index in [-0.39, 0.29) is 5.56 Å². The normalized spacial score (nSPS) is 25.0. The Morgan fingerprint density at radius 3 is 2.33 bits per heavy atom. The average molecular weight is 301 g/mol. The number of amides is 1. The molecule has 2 rings (SSSR count). The molecule has 2 atom stereocenters. The number of primary amides is 1. The molecule has 0 heterocycles. The molecular weight excluding hydrogens is 290 g/mol. The van der Waals surface area contributed by atoms with Crippen LogP contribution in [-0.2, 0) is 15.1 Å². The first-order valence-corrected chi connectivity index (χ1v) is 5.93. The van der Waals surface area contributed by atoms with Gasteiger partial charge in [0.15, 0.2) is 0 Å². The molecule has 0 saturated heterocycles. The van der Waals surface area contributed by atoms with Gasteiger partial charge >= 0.3 is 6.36 Å². The second-order valence-electron chi connectivity index (χ2n) is 4.47. The fraction of sp³-hybridized carbons (Fsp3) is 0.214. The van der Waals surface area contributed by atoms with Crippen molar-refractivity contribution in [1.29, 1.82) is 0 Å². The average Bonchev–Trinajstić information content (AvgIpc) is 2.37. The van der Waals surface area contributed by atoms with E-state index in [1.165, 1.54) is 18.2 Å². The summed E-state index contributed by atoms with van der Waals surface area (Å²) in [6.45, 7) is 0. The third-order valence-corrected chi connectivity index (χ3v) is 3.11. The zero-order chi connectivity index (χ0) is 15.7. The first kappa shape index (κ1) is 15.2. The molecule has 0 aliphatic heterocycles. The Morgan fingerprint density at radius 1 is 1.19 bits per heavy atom. The second kappa shape index (κ2) is 5.33. The van der Waals surface area contributed by atoms with Crippen molar-refractivity contribution in [2.45, 2.75) is 12.0 Å². The Hall–Kier alpha value is -2.15. The molecule has 7 heteroatoms. The highest BCUT2D eigenvalue weighted by atomic mass is 19.4. The van der Waals surface area contributed by atoms with Gasteiger partial charge in [-0.05, 0) is 23.8 Å². The number of hydrogen-bond donors (Lipinski definition) is 1. The van der Waals surface area contributed by atoms with Crippen LogP contribution in [0.3, 0.4) is 0 Å². The number of alkyl halides is 3. The molecular formula is C14H11F4NO2. The van der Waals surface area contributed by atoms with Crippen molar-refractivity contribution in [2.75, 3.05) is 0 Å². The van der Waals surface area contributed by atoms with Crippen LogP contribution in [-0.4, -0.2) is 12.3 Å². The smallest absolute Gasteiger partial charge is 0.369 e. The molecule has 1 aliphatic carbocycles. The minimum Gasteiger partial charge on any atom is -0.369 e. The number of allylic oxidation sites excluding steroid dienone is 2. The molecule has 0 aromatic heterocycles. The van der Waals surface area contributed by atoms with Gasteiger partial charge in [-0.25, -0.2) is 4.39 Å². The van der Waals surface area contributed by atoms with Crippen molar-refractivity contribution in [3.05, 3.63) is 60.0 Å². The molecule has 0 radical (unpaired) electrons. The molecule has 112 valence electrons. The lowest BCUT2D eigenvalue weighted by atomic mass is 9.77. The second-order valence-corrected chi connectivity index (χ2v) is 4.47. The van der Waals surface area contributed by atoms with Gasteiger partial charge in [0.1, 0.15) is 11.4 Å². The number of hydrogen-bond acceptors (Lipinski definition) is 2. The molecule has 3 nitrogen and oxygen atoms in total. The van der Waals surface area contributed by atoms with E-state index >= 15 is 0 Å². The Kier molecular flexibility index (Phi) is 3.87. The molecule has 0 fully saturated rings. The number of carbonyl (C=O) groups excluding carboxylic acids is 1. The van der Waals surface area contributed by atoms with Crippen LogP contribution in [0, 0.1) is 11.7 Å². The maximum atomic E-state index is 13.0. The van der Waals surface area contributed by atoms with E-state index in [1.807, 2.05) is 0 Å². The molecule has 0 bridgehead atoms. The maximum absolute atomic E-state index is 13.0. The number of ether oxygens (including phenoxy) is 1. The first-order chi connectivity index (χ1) is 9.74. The Morgan fingerprint density at radius 2 is 1.81 bits per heavy atom. The Balaban J connectivity index is 2.58. The largest absolute Gasteiger partial charge is 0.523 e. The first-order valence-electron chi connectivity index (χ1n) is 5.93. The van der Waals surface area contributed by atoms with Crippen LogP contribution in [0.15, 0.2) is 48.6 Å². The van der Waals surface area contributed by atoms with Gasteiger partial charge in [-0.15, -0.1) is 13.2 Å². The molecule has 1 aromatic carbocycles. The van der Waals surface area contributed by atoms with Crippen molar-refractivity contribution in [3.8, 4) is 0 Å². The van der Waals surface area contributed by atoms with Crippen LogP contribution >= 0.6 is 0 Å². The Labute approximate surface area is 117 Å². The van der Waals surface area contributed by atoms with Crippen LogP contribution in [0.25, 0.3) is 0 Å². The quantitative estimate of drug-likeness (QED) is 0.873. The van der Waals surface area contributed by atoms with Crippen molar-refractivity contribution in [2.24, 2.45) is 11.7 Å². The SMILES string of the molecule is NC(=O)C1C=CC=CC1(OC(F)(F)F)c1ccc(F)cc1. The fourth-order valence-electron chi connectivity index (χ4n) is 2.26. The summed E-state index contributed by atoms with van der Waals surface area (Å²) in [5, 5.41) is 0. The highest BCUT2D eigenvalue weighted by molar-refractivity contribution is 5.81. The summed E-state index contributed by atoms with van der Waals surface area (Å²) in [6.07, 6.45) is 0.0175. The van der Waals surface area contributed by atoms with E-state index < -0.39 is 29.6 Å². The van der Waals surface area contributed by atoms with E-state index in [0.717, 1.165) is 30.3 Å². The minimum atomic E-state index is -5.00. The van der Waals surface area contributed by atoms with Gasteiger partial charge in [0.25, 0.3) is 0 Å². The lowest BCUT2D eigenvalue weighted by molar-refractivity contribution is -0.365. The van der Waals surface area contributed by atoms with E-state index in [1.54, 1.807) is 0 Å². The van der Waals surface area contributed by atoms with Gasteiger partial charge in [-0.3, -0.25) is 9.53 Å². The summed E-state index contributed by atoms with van der Waals surface area (Å²) >= 11 is 0. The van der Waals surface area contributed by atoms with E-state index in [9.17, 15) is 22.4 Å².